The SMILES string of the molecule is CC1CCCC2(C)c3cc(-c4cc(-c5ccccc5)c5ccc6c(-c7cccc8ccccc78)cc(-c7ccccc7)c7ccc4c5c76)ccc3N(c3ccccc3)C12C. The van der Waals surface area contributed by atoms with Crippen molar-refractivity contribution in [2.75, 3.05) is 4.90 Å². The number of benzene rings is 10. The molecule has 1 fully saturated rings. The number of para-hydroxylation sites is 1. The van der Waals surface area contributed by atoms with Crippen molar-refractivity contribution in [2.24, 2.45) is 5.92 Å². The average Bonchev–Trinajstić information content (AvgIpc) is 3.51. The zero-order chi connectivity index (χ0) is 40.2. The molecule has 3 atom stereocenters. The zero-order valence-corrected chi connectivity index (χ0v) is 34.5. The second-order valence-electron chi connectivity index (χ2n) is 17.9. The number of rotatable bonds is 5. The van der Waals surface area contributed by atoms with E-state index < -0.39 is 0 Å². The van der Waals surface area contributed by atoms with Crippen LogP contribution in [0.3, 0.4) is 0 Å². The molecule has 0 saturated heterocycles. The first-order valence-electron chi connectivity index (χ1n) is 21.8. The van der Waals surface area contributed by atoms with E-state index in [0.29, 0.717) is 5.92 Å². The van der Waals surface area contributed by atoms with E-state index in [1.54, 1.807) is 0 Å². The van der Waals surface area contributed by atoms with E-state index in [-0.39, 0.29) is 11.0 Å². The summed E-state index contributed by atoms with van der Waals surface area (Å²) in [7, 11) is 0. The lowest BCUT2D eigenvalue weighted by molar-refractivity contribution is 0.130. The number of hydrogen-bond donors (Lipinski definition) is 0. The maximum atomic E-state index is 2.70. The van der Waals surface area contributed by atoms with Crippen molar-refractivity contribution in [3.8, 4) is 44.5 Å². The number of anilines is 2. The lowest BCUT2D eigenvalue weighted by atomic mass is 9.57. The molecule has 12 rings (SSSR count). The third-order valence-corrected chi connectivity index (χ3v) is 15.2. The molecule has 1 aliphatic heterocycles. The van der Waals surface area contributed by atoms with Crippen molar-refractivity contribution in [2.45, 2.75) is 51.0 Å². The van der Waals surface area contributed by atoms with Crippen LogP contribution >= 0.6 is 0 Å². The van der Waals surface area contributed by atoms with E-state index in [4.69, 9.17) is 0 Å². The van der Waals surface area contributed by atoms with Gasteiger partial charge in [-0.2, -0.15) is 0 Å². The predicted octanol–water partition coefficient (Wildman–Crippen LogP) is 16.4. The molecule has 60 heavy (non-hydrogen) atoms. The fourth-order valence-electron chi connectivity index (χ4n) is 11.9. The average molecular weight is 770 g/mol. The van der Waals surface area contributed by atoms with Crippen LogP contribution in [0, 0.1) is 5.92 Å². The Balaban J connectivity index is 1.19. The highest BCUT2D eigenvalue weighted by Gasteiger charge is 2.60. The van der Waals surface area contributed by atoms with Gasteiger partial charge in [0, 0.05) is 16.8 Å². The summed E-state index contributed by atoms with van der Waals surface area (Å²) >= 11 is 0. The van der Waals surface area contributed by atoms with Crippen molar-refractivity contribution < 1.29 is 0 Å². The van der Waals surface area contributed by atoms with Gasteiger partial charge in [-0.3, -0.25) is 0 Å². The molecule has 10 aromatic rings. The summed E-state index contributed by atoms with van der Waals surface area (Å²) in [5.74, 6) is 0.543. The molecule has 0 radical (unpaired) electrons. The molecule has 1 heterocycles. The third-order valence-electron chi connectivity index (χ3n) is 15.2. The lowest BCUT2D eigenvalue weighted by Gasteiger charge is -2.54. The van der Waals surface area contributed by atoms with E-state index in [1.165, 1.54) is 124 Å². The van der Waals surface area contributed by atoms with Crippen LogP contribution in [-0.4, -0.2) is 5.54 Å². The molecule has 0 aromatic heterocycles. The van der Waals surface area contributed by atoms with E-state index in [2.05, 4.69) is 214 Å². The maximum absolute atomic E-state index is 2.70. The first-order valence-corrected chi connectivity index (χ1v) is 21.8. The number of hydrogen-bond acceptors (Lipinski definition) is 1. The van der Waals surface area contributed by atoms with Crippen LogP contribution in [0.4, 0.5) is 11.4 Å². The van der Waals surface area contributed by atoms with Gasteiger partial charge in [0.05, 0.1) is 5.54 Å². The van der Waals surface area contributed by atoms with Gasteiger partial charge < -0.3 is 4.90 Å². The summed E-state index contributed by atoms with van der Waals surface area (Å²) in [6, 6.07) is 70.8. The molecule has 1 saturated carbocycles. The molecule has 1 heteroatoms. The minimum Gasteiger partial charge on any atom is -0.334 e. The number of fused-ring (bicyclic) bond motifs is 4. The highest BCUT2D eigenvalue weighted by Crippen LogP contribution is 2.63. The summed E-state index contributed by atoms with van der Waals surface area (Å²) in [6.45, 7) is 7.60. The smallest absolute Gasteiger partial charge is 0.0543 e. The second-order valence-corrected chi connectivity index (χ2v) is 17.9. The lowest BCUT2D eigenvalue weighted by Crippen LogP contribution is -2.59. The van der Waals surface area contributed by atoms with Gasteiger partial charge in [-0.05, 0) is 155 Å². The summed E-state index contributed by atoms with van der Waals surface area (Å²) in [4.78, 5) is 2.70. The molecule has 288 valence electrons. The Bertz CT molecular complexity index is 3270. The van der Waals surface area contributed by atoms with Crippen LogP contribution in [-0.2, 0) is 5.41 Å². The van der Waals surface area contributed by atoms with Gasteiger partial charge >= 0.3 is 0 Å². The summed E-state index contributed by atoms with van der Waals surface area (Å²) in [5.41, 5.74) is 14.2. The monoisotopic (exact) mass is 769 g/mol. The van der Waals surface area contributed by atoms with Gasteiger partial charge in [0.15, 0.2) is 0 Å². The van der Waals surface area contributed by atoms with Crippen LogP contribution in [0.25, 0.3) is 87.6 Å². The van der Waals surface area contributed by atoms with Crippen LogP contribution in [0.5, 0.6) is 0 Å². The van der Waals surface area contributed by atoms with Crippen LogP contribution in [0.15, 0.2) is 188 Å². The van der Waals surface area contributed by atoms with Gasteiger partial charge in [0.2, 0.25) is 0 Å². The topological polar surface area (TPSA) is 3.24 Å². The maximum Gasteiger partial charge on any atom is 0.0543 e. The van der Waals surface area contributed by atoms with E-state index in [9.17, 15) is 0 Å². The Morgan fingerprint density at radius 2 is 0.983 bits per heavy atom. The molecule has 0 bridgehead atoms. The largest absolute Gasteiger partial charge is 0.334 e. The highest BCUT2D eigenvalue weighted by molar-refractivity contribution is 6.32. The molecular weight excluding hydrogens is 723 g/mol. The van der Waals surface area contributed by atoms with Gasteiger partial charge in [-0.25, -0.2) is 0 Å². The molecule has 10 aromatic carbocycles. The Kier molecular flexibility index (Phi) is 7.73. The van der Waals surface area contributed by atoms with Crippen molar-refractivity contribution in [1.29, 1.82) is 0 Å². The third kappa shape index (κ3) is 4.87. The molecule has 0 N–H and O–H groups in total. The van der Waals surface area contributed by atoms with Crippen molar-refractivity contribution in [3.63, 3.8) is 0 Å². The highest BCUT2D eigenvalue weighted by atomic mass is 15.3. The fraction of sp³-hybridized carbons (Fsp3) is 0.153. The van der Waals surface area contributed by atoms with Crippen LogP contribution in [0.2, 0.25) is 0 Å². The summed E-state index contributed by atoms with van der Waals surface area (Å²) in [6.07, 6.45) is 3.68. The Morgan fingerprint density at radius 3 is 1.63 bits per heavy atom. The first-order chi connectivity index (χ1) is 29.4. The number of nitrogens with zero attached hydrogens (tertiary/aromatic N) is 1. The van der Waals surface area contributed by atoms with Gasteiger partial charge in [-0.1, -0.05) is 172 Å². The normalized spacial score (nSPS) is 20.0. The van der Waals surface area contributed by atoms with Crippen molar-refractivity contribution in [3.05, 3.63) is 194 Å². The van der Waals surface area contributed by atoms with Gasteiger partial charge in [-0.15, -0.1) is 0 Å². The van der Waals surface area contributed by atoms with Crippen molar-refractivity contribution >= 4 is 54.5 Å². The van der Waals surface area contributed by atoms with Crippen LogP contribution < -0.4 is 4.90 Å². The Hall–Kier alpha value is -6.70. The van der Waals surface area contributed by atoms with E-state index in [0.717, 1.165) is 0 Å². The quantitative estimate of drug-likeness (QED) is 0.158. The van der Waals surface area contributed by atoms with Crippen molar-refractivity contribution in [1.82, 2.24) is 0 Å². The predicted molar refractivity (Wildman–Crippen MR) is 257 cm³/mol. The molecule has 0 amide bonds. The summed E-state index contributed by atoms with van der Waals surface area (Å²) in [5, 5.41) is 10.4. The molecule has 2 aliphatic rings. The Morgan fingerprint density at radius 1 is 0.450 bits per heavy atom. The van der Waals surface area contributed by atoms with Gasteiger partial charge in [0.25, 0.3) is 0 Å². The standard InChI is InChI=1S/C59H47N/c1-38-17-16-34-58(2)54-35-42(28-33-55(54)60(59(38,58)3)43-24-11-6-12-25-43)52-36-50(40-18-7-4-8-19-40)46-31-32-49-53(45-27-15-23-39-22-13-14-26-44(39)45)37-51(41-20-9-5-10-21-41)47-29-30-48(52)56(46)57(47)49/h4-15,18-33,35-38H,16-17,34H2,1-3H3. The molecule has 3 unspecified atom stereocenters. The molecule has 1 nitrogen and oxygen atoms in total. The van der Waals surface area contributed by atoms with Crippen LogP contribution in [0.1, 0.15) is 45.6 Å². The van der Waals surface area contributed by atoms with E-state index >= 15 is 0 Å². The second kappa shape index (κ2) is 13.2. The minimum atomic E-state index is -0.0444. The first kappa shape index (κ1) is 35.3. The molecule has 0 spiro atoms. The molecule has 1 aliphatic carbocycles. The van der Waals surface area contributed by atoms with Gasteiger partial charge in [0.1, 0.15) is 0 Å². The summed E-state index contributed by atoms with van der Waals surface area (Å²) < 4.78 is 0. The Labute approximate surface area is 352 Å². The zero-order valence-electron chi connectivity index (χ0n) is 34.5. The minimum absolute atomic E-state index is 0.00413. The molecular formula is C59H47N. The fourth-order valence-corrected chi connectivity index (χ4v) is 11.9. The van der Waals surface area contributed by atoms with E-state index in [1.807, 2.05) is 0 Å².